The Labute approximate surface area is 80.6 Å². The van der Waals surface area contributed by atoms with Crippen LogP contribution in [0.2, 0.25) is 0 Å². The Morgan fingerprint density at radius 3 is 1.33 bits per heavy atom. The van der Waals surface area contributed by atoms with E-state index < -0.39 is 30.4 Å². The molecule has 1 aliphatic heterocycles. The first-order valence-electron chi connectivity index (χ1n) is 2.24. The molecule has 0 atom stereocenters. The number of rotatable bonds is 0. The third-order valence-electron chi connectivity index (χ3n) is 0.985. The molecule has 0 aromatic carbocycles. The molecule has 1 aliphatic rings. The van der Waals surface area contributed by atoms with Crippen molar-refractivity contribution in [1.82, 2.24) is 1.92 Å². The highest BCUT2D eigenvalue weighted by molar-refractivity contribution is 14.1. The smallest absolute Gasteiger partial charge is 0.203 e. The van der Waals surface area contributed by atoms with Gasteiger partial charge in [-0.1, -0.05) is 0 Å². The van der Waals surface area contributed by atoms with Crippen LogP contribution in [0.3, 0.4) is 0 Å². The van der Waals surface area contributed by atoms with Crippen molar-refractivity contribution in [3.8, 4) is 0 Å². The summed E-state index contributed by atoms with van der Waals surface area (Å²) < 4.78 is 66.6. The maximum absolute atomic E-state index is 12.3. The average Bonchev–Trinajstić information content (AvgIpc) is 2.06. The van der Waals surface area contributed by atoms with Crippen LogP contribution in [-0.4, -0.2) is 18.8 Å². The van der Waals surface area contributed by atoms with Gasteiger partial charge in [0.15, 0.2) is 0 Å². The minimum absolute atomic E-state index is 0.386. The first kappa shape index (κ1) is 10.3. The lowest BCUT2D eigenvalue weighted by Gasteiger charge is -2.00. The van der Waals surface area contributed by atoms with Gasteiger partial charge in [-0.2, -0.15) is 8.78 Å². The molecule has 0 aromatic rings. The van der Waals surface area contributed by atoms with Gasteiger partial charge in [0, 0.05) is 0 Å². The van der Waals surface area contributed by atoms with Gasteiger partial charge in [-0.05, 0) is 1.92 Å². The van der Waals surface area contributed by atoms with E-state index in [1.807, 2.05) is 0 Å². The summed E-state index contributed by atoms with van der Waals surface area (Å²) in [5.74, 6) is 0. The third-order valence-corrected chi connectivity index (χ3v) is 7.42. The lowest BCUT2D eigenvalue weighted by molar-refractivity contribution is 0.556. The molecule has 12 heavy (non-hydrogen) atoms. The Bertz CT molecular complexity index is 407. The summed E-state index contributed by atoms with van der Waals surface area (Å²) in [6.45, 7) is 0. The van der Waals surface area contributed by atoms with E-state index in [1.165, 1.54) is 0 Å². The average molecular weight is 331 g/mol. The van der Waals surface area contributed by atoms with Crippen molar-refractivity contribution < 1.29 is 25.6 Å². The SMILES string of the molecule is O=S1(=O)C(F)=C(F)S(=O)(=O)N1I. The maximum Gasteiger partial charge on any atom is 0.296 e. The fourth-order valence-corrected chi connectivity index (χ4v) is 4.21. The van der Waals surface area contributed by atoms with E-state index in [0.717, 1.165) is 22.9 Å². The van der Waals surface area contributed by atoms with E-state index in [-0.39, 0.29) is 1.92 Å². The number of hydrogen-bond acceptors (Lipinski definition) is 4. The zero-order valence-electron chi connectivity index (χ0n) is 5.03. The fourth-order valence-electron chi connectivity index (χ4n) is 0.458. The summed E-state index contributed by atoms with van der Waals surface area (Å²) in [5.41, 5.74) is 0. The van der Waals surface area contributed by atoms with Gasteiger partial charge in [-0.3, -0.25) is 0 Å². The fraction of sp³-hybridized carbons (Fsp3) is 0. The summed E-state index contributed by atoms with van der Waals surface area (Å²) in [6.07, 6.45) is 0. The summed E-state index contributed by atoms with van der Waals surface area (Å²) in [4.78, 5) is 0. The Morgan fingerprint density at radius 1 is 1.00 bits per heavy atom. The Kier molecular flexibility index (Phi) is 2.22. The van der Waals surface area contributed by atoms with Crippen molar-refractivity contribution in [1.29, 1.82) is 0 Å². The van der Waals surface area contributed by atoms with Crippen LogP contribution in [0.15, 0.2) is 10.3 Å². The number of halogens is 3. The molecule has 0 bridgehead atoms. The minimum atomic E-state index is -4.79. The molecule has 10 heteroatoms. The van der Waals surface area contributed by atoms with E-state index in [1.54, 1.807) is 0 Å². The second-order valence-corrected chi connectivity index (χ2v) is 7.56. The van der Waals surface area contributed by atoms with Crippen molar-refractivity contribution in [2.45, 2.75) is 0 Å². The molecule has 0 amide bonds. The molecule has 70 valence electrons. The molecule has 5 nitrogen and oxygen atoms in total. The molecule has 1 rings (SSSR count). The lowest BCUT2D eigenvalue weighted by Crippen LogP contribution is -2.20. The van der Waals surface area contributed by atoms with Gasteiger partial charge in [-0.25, -0.2) is 16.8 Å². The topological polar surface area (TPSA) is 71.5 Å². The van der Waals surface area contributed by atoms with Crippen molar-refractivity contribution in [3.63, 3.8) is 0 Å². The van der Waals surface area contributed by atoms with Crippen LogP contribution in [-0.2, 0) is 20.0 Å². The minimum Gasteiger partial charge on any atom is -0.203 e. The van der Waals surface area contributed by atoms with Crippen LogP contribution >= 0.6 is 22.9 Å². The zero-order valence-corrected chi connectivity index (χ0v) is 8.82. The van der Waals surface area contributed by atoms with Crippen LogP contribution in [0, 0.1) is 0 Å². The van der Waals surface area contributed by atoms with Gasteiger partial charge in [0.05, 0.1) is 22.9 Å². The van der Waals surface area contributed by atoms with E-state index in [2.05, 4.69) is 0 Å². The van der Waals surface area contributed by atoms with Gasteiger partial charge < -0.3 is 0 Å². The quantitative estimate of drug-likeness (QED) is 0.475. The van der Waals surface area contributed by atoms with Crippen LogP contribution < -0.4 is 0 Å². The molecule has 0 unspecified atom stereocenters. The van der Waals surface area contributed by atoms with Gasteiger partial charge >= 0.3 is 0 Å². The summed E-state index contributed by atoms with van der Waals surface area (Å²) in [7, 11) is -9.58. The van der Waals surface area contributed by atoms with E-state index in [9.17, 15) is 25.6 Å². The van der Waals surface area contributed by atoms with Crippen molar-refractivity contribution >= 4 is 42.9 Å². The van der Waals surface area contributed by atoms with Crippen molar-refractivity contribution in [2.24, 2.45) is 0 Å². The Hall–Kier alpha value is 0.190. The number of hydrogen-bond donors (Lipinski definition) is 0. The molecule has 0 N–H and O–H groups in total. The summed E-state index contributed by atoms with van der Waals surface area (Å²) >= 11 is 0.784. The molecule has 0 radical (unpaired) electrons. The molecule has 0 saturated carbocycles. The predicted molar refractivity (Wildman–Crippen MR) is 42.9 cm³/mol. The standard InChI is InChI=1S/C2F2INO4S2/c3-1-2(4)12(9,10)6(5)11(1,7)8. The third kappa shape index (κ3) is 1.08. The van der Waals surface area contributed by atoms with Crippen LogP contribution in [0.4, 0.5) is 8.78 Å². The molecule has 0 saturated heterocycles. The first-order chi connectivity index (χ1) is 5.22. The van der Waals surface area contributed by atoms with E-state index in [0.29, 0.717) is 0 Å². The molecule has 0 spiro atoms. The van der Waals surface area contributed by atoms with Gasteiger partial charge in [-0.15, -0.1) is 0 Å². The zero-order chi connectivity index (χ0) is 9.73. The molecular weight excluding hydrogens is 331 g/mol. The predicted octanol–water partition coefficient (Wildman–Crippen LogP) is 0.377. The summed E-state index contributed by atoms with van der Waals surface area (Å²) in [5, 5.41) is -4.53. The van der Waals surface area contributed by atoms with E-state index in [4.69, 9.17) is 0 Å². The van der Waals surface area contributed by atoms with Crippen LogP contribution in [0.1, 0.15) is 0 Å². The molecule has 0 aromatic heterocycles. The maximum atomic E-state index is 12.3. The van der Waals surface area contributed by atoms with Crippen molar-refractivity contribution in [3.05, 3.63) is 10.3 Å². The second-order valence-electron chi connectivity index (χ2n) is 1.71. The second kappa shape index (κ2) is 2.59. The van der Waals surface area contributed by atoms with Crippen LogP contribution in [0.25, 0.3) is 0 Å². The van der Waals surface area contributed by atoms with E-state index >= 15 is 0 Å². The van der Waals surface area contributed by atoms with Gasteiger partial charge in [0.2, 0.25) is 0 Å². The lowest BCUT2D eigenvalue weighted by atomic mass is 11.1. The molecule has 0 fully saturated rings. The number of nitrogens with zero attached hydrogens (tertiary/aromatic N) is 1. The molecule has 1 heterocycles. The van der Waals surface area contributed by atoms with Crippen LogP contribution in [0.5, 0.6) is 0 Å². The Morgan fingerprint density at radius 2 is 1.25 bits per heavy atom. The normalized spacial score (nSPS) is 27.9. The monoisotopic (exact) mass is 331 g/mol. The highest BCUT2D eigenvalue weighted by Gasteiger charge is 2.50. The highest BCUT2D eigenvalue weighted by atomic mass is 127. The number of sulfonamides is 2. The highest BCUT2D eigenvalue weighted by Crippen LogP contribution is 2.37. The largest absolute Gasteiger partial charge is 0.296 e. The van der Waals surface area contributed by atoms with Gasteiger partial charge in [0.25, 0.3) is 30.4 Å². The molecular formula is C2F2INO4S2. The van der Waals surface area contributed by atoms with Crippen molar-refractivity contribution in [2.75, 3.05) is 0 Å². The molecule has 0 aliphatic carbocycles. The van der Waals surface area contributed by atoms with Gasteiger partial charge in [0.1, 0.15) is 0 Å². The first-order valence-corrected chi connectivity index (χ1v) is 6.08. The Balaban J connectivity index is 3.65. The summed E-state index contributed by atoms with van der Waals surface area (Å²) in [6, 6.07) is 0.